The predicted molar refractivity (Wildman–Crippen MR) is 95.5 cm³/mol. The molecule has 0 aromatic heterocycles. The Hall–Kier alpha value is -1.46. The van der Waals surface area contributed by atoms with E-state index in [1.54, 1.807) is 17.0 Å². The molecule has 1 aromatic carbocycles. The van der Waals surface area contributed by atoms with Crippen molar-refractivity contribution in [2.24, 2.45) is 0 Å². The number of benzene rings is 1. The van der Waals surface area contributed by atoms with E-state index in [2.05, 4.69) is 12.2 Å². The van der Waals surface area contributed by atoms with E-state index in [-0.39, 0.29) is 5.91 Å². The molecule has 1 aromatic rings. The summed E-state index contributed by atoms with van der Waals surface area (Å²) in [5, 5.41) is 3.33. The molecule has 0 spiro atoms. The second-order valence-electron chi connectivity index (χ2n) is 6.36. The number of hydrogen-bond acceptors (Lipinski definition) is 3. The molecular weight excluding hydrogens is 328 g/mol. The van der Waals surface area contributed by atoms with Crippen molar-refractivity contribution in [1.82, 2.24) is 5.32 Å². The van der Waals surface area contributed by atoms with Gasteiger partial charge in [-0.1, -0.05) is 11.6 Å². The lowest BCUT2D eigenvalue weighted by molar-refractivity contribution is -0.928. The smallest absolute Gasteiger partial charge is 0.251 e. The lowest BCUT2D eigenvalue weighted by Gasteiger charge is -2.30. The third-order valence-corrected chi connectivity index (χ3v) is 5.02. The molecule has 1 saturated heterocycles. The number of nitrogens with one attached hydrogen (secondary N) is 2. The molecule has 0 bridgehead atoms. The average molecular weight is 356 g/mol. The molecule has 1 aliphatic heterocycles. The van der Waals surface area contributed by atoms with Crippen LogP contribution in [0.2, 0.25) is 5.02 Å². The van der Waals surface area contributed by atoms with Crippen molar-refractivity contribution in [3.05, 3.63) is 22.7 Å². The highest BCUT2D eigenvalue weighted by Gasteiger charge is 2.21. The fourth-order valence-corrected chi connectivity index (χ4v) is 3.58. The molecule has 24 heavy (non-hydrogen) atoms. The molecule has 1 unspecified atom stereocenters. The Morgan fingerprint density at radius 1 is 1.33 bits per heavy atom. The van der Waals surface area contributed by atoms with Gasteiger partial charge in [-0.15, -0.1) is 0 Å². The van der Waals surface area contributed by atoms with Crippen LogP contribution in [0.15, 0.2) is 12.1 Å². The van der Waals surface area contributed by atoms with Crippen LogP contribution in [0.3, 0.4) is 0 Å². The summed E-state index contributed by atoms with van der Waals surface area (Å²) < 4.78 is 10.4. The third kappa shape index (κ3) is 4.77. The van der Waals surface area contributed by atoms with Crippen LogP contribution in [0.4, 0.5) is 0 Å². The van der Waals surface area contributed by atoms with E-state index in [9.17, 15) is 4.79 Å². The fourth-order valence-electron chi connectivity index (χ4n) is 3.29. The SMILES string of the molecule is COc1cc(C(=O)NCCC[NH+]2CCCC[C@@H]2C)cc(Cl)c1OC. The number of piperidine rings is 1. The first-order chi connectivity index (χ1) is 11.6. The highest BCUT2D eigenvalue weighted by atomic mass is 35.5. The fraction of sp³-hybridized carbons (Fsp3) is 0.611. The predicted octanol–water partition coefficient (Wildman–Crippen LogP) is 1.93. The third-order valence-electron chi connectivity index (χ3n) is 4.74. The van der Waals surface area contributed by atoms with Gasteiger partial charge in [0.15, 0.2) is 11.5 Å². The van der Waals surface area contributed by atoms with Crippen molar-refractivity contribution in [2.75, 3.05) is 33.9 Å². The quantitative estimate of drug-likeness (QED) is 0.735. The standard InChI is InChI=1S/C18H27ClN2O3/c1-13-7-4-5-9-21(13)10-6-8-20-18(22)14-11-15(19)17(24-3)16(12-14)23-2/h11-13H,4-10H2,1-3H3,(H,20,22)/p+1/t13-/m0/s1. The van der Waals surface area contributed by atoms with Crippen LogP contribution in [-0.4, -0.2) is 45.8 Å². The normalized spacial score (nSPS) is 20.5. The highest BCUT2D eigenvalue weighted by molar-refractivity contribution is 6.32. The summed E-state index contributed by atoms with van der Waals surface area (Å²) in [6.07, 6.45) is 4.95. The maximum Gasteiger partial charge on any atom is 0.251 e. The molecule has 134 valence electrons. The molecule has 2 atom stereocenters. The first-order valence-corrected chi connectivity index (χ1v) is 8.99. The van der Waals surface area contributed by atoms with E-state index in [4.69, 9.17) is 21.1 Å². The number of hydrogen-bond donors (Lipinski definition) is 2. The van der Waals surface area contributed by atoms with E-state index in [1.807, 2.05) is 0 Å². The Morgan fingerprint density at radius 3 is 2.79 bits per heavy atom. The first-order valence-electron chi connectivity index (χ1n) is 8.61. The molecule has 1 amide bonds. The van der Waals surface area contributed by atoms with Gasteiger partial charge >= 0.3 is 0 Å². The van der Waals surface area contributed by atoms with Crippen LogP contribution in [0, 0.1) is 0 Å². The van der Waals surface area contributed by atoms with Gasteiger partial charge in [0.1, 0.15) is 0 Å². The Bertz CT molecular complexity index is 565. The molecule has 0 aliphatic carbocycles. The average Bonchev–Trinajstić information content (AvgIpc) is 2.59. The van der Waals surface area contributed by atoms with Crippen LogP contribution >= 0.6 is 11.6 Å². The molecular formula is C18H28ClN2O3+. The summed E-state index contributed by atoms with van der Waals surface area (Å²) in [5.41, 5.74) is 0.483. The van der Waals surface area contributed by atoms with Gasteiger partial charge in [0.25, 0.3) is 5.91 Å². The zero-order chi connectivity index (χ0) is 17.5. The molecule has 1 heterocycles. The minimum Gasteiger partial charge on any atom is -0.493 e. The summed E-state index contributed by atoms with van der Waals surface area (Å²) >= 11 is 6.15. The van der Waals surface area contributed by atoms with Gasteiger partial charge in [0.2, 0.25) is 0 Å². The second kappa shape index (κ2) is 9.14. The largest absolute Gasteiger partial charge is 0.493 e. The number of halogens is 1. The molecule has 2 N–H and O–H groups in total. The van der Waals surface area contributed by atoms with Crippen molar-refractivity contribution < 1.29 is 19.2 Å². The summed E-state index contributed by atoms with van der Waals surface area (Å²) in [6, 6.07) is 3.99. The summed E-state index contributed by atoms with van der Waals surface area (Å²) in [7, 11) is 3.05. The van der Waals surface area contributed by atoms with Crippen LogP contribution in [0.25, 0.3) is 0 Å². The van der Waals surface area contributed by atoms with Crippen molar-refractivity contribution in [1.29, 1.82) is 0 Å². The summed E-state index contributed by atoms with van der Waals surface area (Å²) in [6.45, 7) is 5.34. The monoisotopic (exact) mass is 355 g/mol. The number of methoxy groups -OCH3 is 2. The Morgan fingerprint density at radius 2 is 2.12 bits per heavy atom. The van der Waals surface area contributed by atoms with Crippen molar-refractivity contribution in [2.45, 2.75) is 38.6 Å². The van der Waals surface area contributed by atoms with Crippen LogP contribution in [0.1, 0.15) is 43.0 Å². The zero-order valence-electron chi connectivity index (χ0n) is 14.8. The Labute approximate surface area is 149 Å². The van der Waals surface area contributed by atoms with Gasteiger partial charge < -0.3 is 19.7 Å². The molecule has 1 fully saturated rings. The van der Waals surface area contributed by atoms with Crippen LogP contribution in [-0.2, 0) is 0 Å². The topological polar surface area (TPSA) is 52.0 Å². The molecule has 5 nitrogen and oxygen atoms in total. The number of ether oxygens (including phenoxy) is 2. The molecule has 0 radical (unpaired) electrons. The number of quaternary nitrogens is 1. The zero-order valence-corrected chi connectivity index (χ0v) is 15.5. The van der Waals surface area contributed by atoms with Gasteiger partial charge in [-0.05, 0) is 38.3 Å². The van der Waals surface area contributed by atoms with Gasteiger partial charge in [-0.25, -0.2) is 0 Å². The lowest BCUT2D eigenvalue weighted by Crippen LogP contribution is -3.16. The van der Waals surface area contributed by atoms with Gasteiger partial charge in [-0.2, -0.15) is 0 Å². The van der Waals surface area contributed by atoms with Crippen LogP contribution < -0.4 is 19.7 Å². The number of amides is 1. The van der Waals surface area contributed by atoms with E-state index in [1.165, 1.54) is 40.0 Å². The number of carbonyl (C=O) groups excluding carboxylic acids is 1. The van der Waals surface area contributed by atoms with Crippen LogP contribution in [0.5, 0.6) is 11.5 Å². The van der Waals surface area contributed by atoms with Gasteiger partial charge in [0.05, 0.1) is 38.4 Å². The number of rotatable bonds is 7. The number of carbonyl (C=O) groups is 1. The van der Waals surface area contributed by atoms with E-state index >= 15 is 0 Å². The van der Waals surface area contributed by atoms with Gasteiger partial charge in [0, 0.05) is 18.5 Å². The molecule has 2 rings (SSSR count). The maximum atomic E-state index is 12.3. The van der Waals surface area contributed by atoms with E-state index in [0.29, 0.717) is 28.6 Å². The summed E-state index contributed by atoms with van der Waals surface area (Å²) in [5.74, 6) is 0.764. The molecule has 0 saturated carbocycles. The summed E-state index contributed by atoms with van der Waals surface area (Å²) in [4.78, 5) is 14.0. The van der Waals surface area contributed by atoms with Crippen molar-refractivity contribution in [3.8, 4) is 11.5 Å². The van der Waals surface area contributed by atoms with Crippen molar-refractivity contribution in [3.63, 3.8) is 0 Å². The van der Waals surface area contributed by atoms with Crippen molar-refractivity contribution >= 4 is 17.5 Å². The second-order valence-corrected chi connectivity index (χ2v) is 6.77. The van der Waals surface area contributed by atoms with E-state index in [0.717, 1.165) is 19.0 Å². The Kier molecular flexibility index (Phi) is 7.18. The van der Waals surface area contributed by atoms with Gasteiger partial charge in [-0.3, -0.25) is 4.79 Å². The minimum absolute atomic E-state index is 0.139. The first kappa shape index (κ1) is 18.9. The molecule has 1 aliphatic rings. The number of likely N-dealkylation sites (tertiary alicyclic amines) is 1. The maximum absolute atomic E-state index is 12.3. The lowest BCUT2D eigenvalue weighted by atomic mass is 10.0. The van der Waals surface area contributed by atoms with E-state index < -0.39 is 0 Å². The Balaban J connectivity index is 1.85. The molecule has 6 heteroatoms. The minimum atomic E-state index is -0.139. The highest BCUT2D eigenvalue weighted by Crippen LogP contribution is 2.35.